The highest BCUT2D eigenvalue weighted by atomic mass is 16.8. The number of fused-ring (bicyclic) bond motifs is 4. The second-order valence-electron chi connectivity index (χ2n) is 16.0. The van der Waals surface area contributed by atoms with E-state index in [9.17, 15) is 28.8 Å². The zero-order valence-corrected chi connectivity index (χ0v) is 37.1. The molecule has 2 aliphatic rings. The summed E-state index contributed by atoms with van der Waals surface area (Å²) in [5.74, 6) is -3.95. The molecule has 1 aliphatic carbocycles. The monoisotopic (exact) mass is 901 g/mol. The summed E-state index contributed by atoms with van der Waals surface area (Å²) >= 11 is 0. The van der Waals surface area contributed by atoms with Gasteiger partial charge in [-0.2, -0.15) is 0 Å². The van der Waals surface area contributed by atoms with Crippen LogP contribution in [0.1, 0.15) is 67.1 Å². The predicted octanol–water partition coefficient (Wildman–Crippen LogP) is 6.61. The van der Waals surface area contributed by atoms with Crippen molar-refractivity contribution < 1.29 is 62.0 Å². The van der Waals surface area contributed by atoms with E-state index in [1.54, 1.807) is 17.0 Å². The number of esters is 4. The number of ether oxygens (including phenoxy) is 6. The number of carbonyl (C=O) groups is 6. The van der Waals surface area contributed by atoms with E-state index >= 15 is 0 Å². The lowest BCUT2D eigenvalue weighted by atomic mass is 9.98. The number of nitrogens with zero attached hydrogens (tertiary/aromatic N) is 1. The third-order valence-electron chi connectivity index (χ3n) is 11.3. The molecule has 1 aliphatic heterocycles. The van der Waals surface area contributed by atoms with Crippen molar-refractivity contribution in [3.63, 3.8) is 0 Å². The first-order valence-electron chi connectivity index (χ1n) is 21.4. The number of aromatic nitrogens is 1. The Hall–Kier alpha value is -7.30. The summed E-state index contributed by atoms with van der Waals surface area (Å²) in [7, 11) is 0. The van der Waals surface area contributed by atoms with Crippen LogP contribution in [0.25, 0.3) is 28.1 Å². The molecule has 4 aromatic carbocycles. The van der Waals surface area contributed by atoms with Crippen molar-refractivity contribution in [1.29, 1.82) is 0 Å². The Labute approximate surface area is 381 Å². The molecule has 0 unspecified atom stereocenters. The van der Waals surface area contributed by atoms with Crippen molar-refractivity contribution in [3.8, 4) is 11.1 Å². The number of hydroxylamine groups is 1. The van der Waals surface area contributed by atoms with Gasteiger partial charge in [0.25, 0.3) is 5.91 Å². The highest BCUT2D eigenvalue weighted by molar-refractivity contribution is 5.91. The van der Waals surface area contributed by atoms with Gasteiger partial charge < -0.3 is 38.3 Å². The average Bonchev–Trinajstić information content (AvgIpc) is 3.79. The van der Waals surface area contributed by atoms with E-state index in [2.05, 4.69) is 40.8 Å². The minimum absolute atomic E-state index is 0.0974. The van der Waals surface area contributed by atoms with E-state index in [1.165, 1.54) is 12.2 Å². The van der Waals surface area contributed by atoms with Gasteiger partial charge in [-0.25, -0.2) is 15.1 Å². The Morgan fingerprint density at radius 1 is 0.697 bits per heavy atom. The number of hydrogen-bond acceptors (Lipinski definition) is 13. The van der Waals surface area contributed by atoms with E-state index < -0.39 is 73.2 Å². The molecule has 0 spiro atoms. The number of nitrogens with one attached hydrogen (secondary N) is 2. The van der Waals surface area contributed by atoms with Crippen LogP contribution in [-0.2, 0) is 70.2 Å². The Balaban J connectivity index is 1.02. The highest BCUT2D eigenvalue weighted by Crippen LogP contribution is 2.44. The number of benzene rings is 4. The summed E-state index contributed by atoms with van der Waals surface area (Å²) in [4.78, 5) is 85.7. The van der Waals surface area contributed by atoms with E-state index in [-0.39, 0.29) is 19.1 Å². The first kappa shape index (κ1) is 46.7. The standard InChI is InChI=1S/C50H51N3O13/c1-29-36(41-16-10-11-17-43(41)51-29)24-25-53(50(59)61-27-42-39-14-8-6-12-37(39)38-13-7-9-15-40(38)42)26-35-20-18-34(19-21-35)22-23-45(58)52-66-49-48(64-33(5)57)47(63-32(4)56)46(62-31(3)55)44(65-49)28-60-30(2)54/h6-23,42,44,46-49,51H,24-28H2,1-5H3,(H,52,58)/b23-22+/t44-,46+,47+,48-,49+/m1/s1. The quantitative estimate of drug-likeness (QED) is 0.0465. The maximum Gasteiger partial charge on any atom is 0.410 e. The van der Waals surface area contributed by atoms with Crippen LogP contribution in [0.5, 0.6) is 0 Å². The van der Waals surface area contributed by atoms with Gasteiger partial charge in [-0.3, -0.25) is 24.0 Å². The number of hydrogen-bond donors (Lipinski definition) is 2. The highest BCUT2D eigenvalue weighted by Gasteiger charge is 2.53. The van der Waals surface area contributed by atoms with Gasteiger partial charge in [-0.15, -0.1) is 0 Å². The Kier molecular flexibility index (Phi) is 14.9. The van der Waals surface area contributed by atoms with Gasteiger partial charge in [0.1, 0.15) is 19.3 Å². The molecule has 0 radical (unpaired) electrons. The molecule has 2 N–H and O–H groups in total. The molecule has 2 amide bonds. The number of rotatable bonds is 16. The molecule has 344 valence electrons. The fourth-order valence-corrected chi connectivity index (χ4v) is 8.38. The maximum absolute atomic E-state index is 14.1. The second kappa shape index (κ2) is 21.1. The summed E-state index contributed by atoms with van der Waals surface area (Å²) in [5, 5.41) is 1.10. The fourth-order valence-electron chi connectivity index (χ4n) is 8.38. The number of amides is 2. The van der Waals surface area contributed by atoms with Crippen molar-refractivity contribution in [2.75, 3.05) is 19.8 Å². The molecule has 2 heterocycles. The van der Waals surface area contributed by atoms with Gasteiger partial charge >= 0.3 is 30.0 Å². The summed E-state index contributed by atoms with van der Waals surface area (Å²) in [6.45, 7) is 6.83. The molecule has 66 heavy (non-hydrogen) atoms. The molecule has 0 bridgehead atoms. The van der Waals surface area contributed by atoms with E-state index in [0.717, 1.165) is 77.7 Å². The van der Waals surface area contributed by atoms with Gasteiger partial charge in [0, 0.05) is 69.4 Å². The Morgan fingerprint density at radius 3 is 1.95 bits per heavy atom. The SMILES string of the molecule is CC(=O)OC[C@H]1O[C@@H](ONC(=O)/C=C/c2ccc(CN(CCc3c(C)[nH]c4ccccc34)C(=O)OCC3c4ccccc4-c4ccccc43)cc2)[C@H](OC(C)=O)[C@@H](OC(C)=O)[C@H]1OC(C)=O. The fraction of sp³-hybridized carbons (Fsp3) is 0.320. The van der Waals surface area contributed by atoms with Gasteiger partial charge in [0.15, 0.2) is 18.3 Å². The molecule has 16 nitrogen and oxygen atoms in total. The first-order valence-corrected chi connectivity index (χ1v) is 21.4. The molecule has 1 aromatic heterocycles. The predicted molar refractivity (Wildman–Crippen MR) is 239 cm³/mol. The van der Waals surface area contributed by atoms with Crippen LogP contribution in [-0.4, -0.2) is 96.2 Å². The summed E-state index contributed by atoms with van der Waals surface area (Å²) in [6, 6.07) is 31.8. The smallest absolute Gasteiger partial charge is 0.410 e. The van der Waals surface area contributed by atoms with E-state index in [1.807, 2.05) is 61.5 Å². The number of aryl methyl sites for hydroxylation is 1. The molecule has 1 saturated heterocycles. The van der Waals surface area contributed by atoms with Gasteiger partial charge in [-0.05, 0) is 64.4 Å². The average molecular weight is 902 g/mol. The molecule has 0 saturated carbocycles. The lowest BCUT2D eigenvalue weighted by molar-refractivity contribution is -0.318. The second-order valence-corrected chi connectivity index (χ2v) is 16.0. The van der Waals surface area contributed by atoms with Crippen LogP contribution < -0.4 is 5.48 Å². The number of aromatic amines is 1. The molecule has 1 fully saturated rings. The minimum atomic E-state index is -1.61. The largest absolute Gasteiger partial charge is 0.463 e. The minimum Gasteiger partial charge on any atom is -0.463 e. The van der Waals surface area contributed by atoms with Crippen LogP contribution in [0.3, 0.4) is 0 Å². The number of carbonyl (C=O) groups excluding carboxylic acids is 6. The van der Waals surface area contributed by atoms with Crippen molar-refractivity contribution in [3.05, 3.63) is 137 Å². The molecular weight excluding hydrogens is 851 g/mol. The van der Waals surface area contributed by atoms with Gasteiger partial charge in [0.2, 0.25) is 6.29 Å². The van der Waals surface area contributed by atoms with Crippen LogP contribution in [0.4, 0.5) is 4.79 Å². The van der Waals surface area contributed by atoms with Crippen molar-refractivity contribution >= 4 is 52.9 Å². The van der Waals surface area contributed by atoms with Crippen LogP contribution >= 0.6 is 0 Å². The van der Waals surface area contributed by atoms with Crippen LogP contribution in [0, 0.1) is 6.92 Å². The number of H-pyrrole nitrogens is 1. The maximum atomic E-state index is 14.1. The van der Waals surface area contributed by atoms with Crippen molar-refractivity contribution in [1.82, 2.24) is 15.4 Å². The lowest BCUT2D eigenvalue weighted by Gasteiger charge is -2.43. The Morgan fingerprint density at radius 2 is 1.30 bits per heavy atom. The molecule has 16 heteroatoms. The third-order valence-corrected chi connectivity index (χ3v) is 11.3. The van der Waals surface area contributed by atoms with Crippen molar-refractivity contribution in [2.24, 2.45) is 0 Å². The van der Waals surface area contributed by atoms with Crippen molar-refractivity contribution in [2.45, 2.75) is 84.2 Å². The molecular formula is C50H51N3O13. The van der Waals surface area contributed by atoms with Crippen LogP contribution in [0.15, 0.2) is 103 Å². The summed E-state index contributed by atoms with van der Waals surface area (Å²) in [5.41, 5.74) is 11.4. The summed E-state index contributed by atoms with van der Waals surface area (Å²) in [6.07, 6.45) is -4.39. The van der Waals surface area contributed by atoms with Gasteiger partial charge in [0.05, 0.1) is 0 Å². The molecule has 5 atom stereocenters. The molecule has 7 rings (SSSR count). The zero-order chi connectivity index (χ0) is 46.9. The first-order chi connectivity index (χ1) is 31.7. The lowest BCUT2D eigenvalue weighted by Crippen LogP contribution is -2.63. The zero-order valence-electron chi connectivity index (χ0n) is 37.1. The normalized spacial score (nSPS) is 18.8. The van der Waals surface area contributed by atoms with E-state index in [0.29, 0.717) is 18.5 Å². The third kappa shape index (κ3) is 11.3. The van der Waals surface area contributed by atoms with Crippen LogP contribution in [0.2, 0.25) is 0 Å². The summed E-state index contributed by atoms with van der Waals surface area (Å²) < 4.78 is 33.2. The topological polar surface area (TPSA) is 198 Å². The molecule has 5 aromatic rings. The Bertz CT molecular complexity index is 2580. The van der Waals surface area contributed by atoms with E-state index in [4.69, 9.17) is 33.3 Å². The number of para-hydroxylation sites is 1. The van der Waals surface area contributed by atoms with Gasteiger partial charge in [-0.1, -0.05) is 91.0 Å².